The number of nitrogens with one attached hydrogen (secondary N) is 1. The molecule has 2 rings (SSSR count). The van der Waals surface area contributed by atoms with Gasteiger partial charge in [0.25, 0.3) is 0 Å². The summed E-state index contributed by atoms with van der Waals surface area (Å²) in [4.78, 5) is 31.4. The number of hydrogen-bond donors (Lipinski definition) is 1. The van der Waals surface area contributed by atoms with E-state index in [9.17, 15) is 9.59 Å². The topological polar surface area (TPSA) is 66.1 Å². The fourth-order valence-corrected chi connectivity index (χ4v) is 2.62. The molecule has 1 amide bonds. The number of amides is 1. The van der Waals surface area contributed by atoms with Gasteiger partial charge < -0.3 is 9.88 Å². The Kier molecular flexibility index (Phi) is 3.83. The molecule has 92 valence electrons. The lowest BCUT2D eigenvalue weighted by Crippen LogP contribution is -2.25. The Hall–Kier alpha value is -1.30. The van der Waals surface area contributed by atoms with Gasteiger partial charge >= 0.3 is 0 Å². The first-order chi connectivity index (χ1) is 8.15. The lowest BCUT2D eigenvalue weighted by Gasteiger charge is -2.15. The molecule has 1 fully saturated rings. The summed E-state index contributed by atoms with van der Waals surface area (Å²) >= 11 is 1.30. The van der Waals surface area contributed by atoms with Crippen molar-refractivity contribution in [2.75, 3.05) is 12.3 Å². The van der Waals surface area contributed by atoms with Crippen LogP contribution in [-0.2, 0) is 16.1 Å². The zero-order chi connectivity index (χ0) is 12.3. The highest BCUT2D eigenvalue weighted by atomic mass is 32.2. The summed E-state index contributed by atoms with van der Waals surface area (Å²) in [7, 11) is 0. The van der Waals surface area contributed by atoms with Crippen LogP contribution in [0.2, 0.25) is 0 Å². The van der Waals surface area contributed by atoms with Crippen molar-refractivity contribution in [3.63, 3.8) is 0 Å². The third-order valence-corrected chi connectivity index (χ3v) is 3.78. The molecule has 0 bridgehead atoms. The zero-order valence-corrected chi connectivity index (χ0v) is 10.5. The number of rotatable bonds is 4. The normalized spacial score (nSPS) is 19.9. The molecule has 0 radical (unpaired) electrons. The van der Waals surface area contributed by atoms with Crippen molar-refractivity contribution >= 4 is 22.8 Å². The minimum Gasteiger partial charge on any atom is -0.347 e. The van der Waals surface area contributed by atoms with E-state index < -0.39 is 0 Å². The van der Waals surface area contributed by atoms with Crippen LogP contribution < -0.4 is 0 Å². The second-order valence-corrected chi connectivity index (χ2v) is 5.42. The standard InChI is InChI=1S/C11H15N3O2S/c1-8(15)17-6-9-2-11(16)14(4-9)5-10-3-12-7-13-10/h3,7,9H,2,4-6H2,1H3,(H,12,13). The molecule has 0 spiro atoms. The van der Waals surface area contributed by atoms with Gasteiger partial charge in [-0.25, -0.2) is 4.98 Å². The number of carbonyl (C=O) groups excluding carboxylic acids is 2. The molecule has 1 unspecified atom stereocenters. The molecule has 6 heteroatoms. The van der Waals surface area contributed by atoms with Crippen molar-refractivity contribution in [3.05, 3.63) is 18.2 Å². The smallest absolute Gasteiger partial charge is 0.223 e. The average Bonchev–Trinajstić information content (AvgIpc) is 2.87. The van der Waals surface area contributed by atoms with Crippen molar-refractivity contribution in [3.8, 4) is 0 Å². The quantitative estimate of drug-likeness (QED) is 0.870. The molecule has 1 aliphatic rings. The van der Waals surface area contributed by atoms with Gasteiger partial charge in [0.1, 0.15) is 0 Å². The Morgan fingerprint density at radius 3 is 3.18 bits per heavy atom. The van der Waals surface area contributed by atoms with Crippen LogP contribution >= 0.6 is 11.8 Å². The molecular formula is C11H15N3O2S. The van der Waals surface area contributed by atoms with Crippen LogP contribution in [0.5, 0.6) is 0 Å². The van der Waals surface area contributed by atoms with Gasteiger partial charge in [-0.1, -0.05) is 11.8 Å². The van der Waals surface area contributed by atoms with E-state index in [1.54, 1.807) is 19.4 Å². The third kappa shape index (κ3) is 3.33. The molecule has 0 aliphatic carbocycles. The van der Waals surface area contributed by atoms with Gasteiger partial charge in [-0.15, -0.1) is 0 Å². The monoisotopic (exact) mass is 253 g/mol. The predicted octanol–water partition coefficient (Wildman–Crippen LogP) is 1.04. The second kappa shape index (κ2) is 5.35. The number of likely N-dealkylation sites (tertiary alicyclic amines) is 1. The molecule has 1 saturated heterocycles. The summed E-state index contributed by atoms with van der Waals surface area (Å²) in [5, 5.41) is 0.115. The average molecular weight is 253 g/mol. The van der Waals surface area contributed by atoms with E-state index in [4.69, 9.17) is 0 Å². The van der Waals surface area contributed by atoms with Crippen molar-refractivity contribution in [2.45, 2.75) is 19.9 Å². The number of aromatic nitrogens is 2. The van der Waals surface area contributed by atoms with Crippen molar-refractivity contribution in [1.29, 1.82) is 0 Å². The van der Waals surface area contributed by atoms with Gasteiger partial charge in [0.2, 0.25) is 5.91 Å². The zero-order valence-electron chi connectivity index (χ0n) is 9.68. The highest BCUT2D eigenvalue weighted by molar-refractivity contribution is 8.13. The number of hydrogen-bond acceptors (Lipinski definition) is 4. The first-order valence-electron chi connectivity index (χ1n) is 5.53. The number of thioether (sulfide) groups is 1. The van der Waals surface area contributed by atoms with Crippen molar-refractivity contribution < 1.29 is 9.59 Å². The third-order valence-electron chi connectivity index (χ3n) is 2.73. The fraction of sp³-hybridized carbons (Fsp3) is 0.545. The van der Waals surface area contributed by atoms with Crippen LogP contribution in [0.1, 0.15) is 19.0 Å². The second-order valence-electron chi connectivity index (χ2n) is 4.22. The van der Waals surface area contributed by atoms with Gasteiger partial charge in [-0.05, 0) is 5.92 Å². The van der Waals surface area contributed by atoms with Crippen LogP contribution in [0.25, 0.3) is 0 Å². The largest absolute Gasteiger partial charge is 0.347 e. The Balaban J connectivity index is 1.85. The first kappa shape index (κ1) is 12.2. The molecule has 1 aromatic heterocycles. The Bertz CT molecular complexity index is 405. The highest BCUT2D eigenvalue weighted by Crippen LogP contribution is 2.23. The van der Waals surface area contributed by atoms with E-state index in [0.717, 1.165) is 18.0 Å². The molecule has 0 saturated carbocycles. The van der Waals surface area contributed by atoms with E-state index in [1.165, 1.54) is 11.8 Å². The van der Waals surface area contributed by atoms with Crippen LogP contribution in [0, 0.1) is 5.92 Å². The Morgan fingerprint density at radius 2 is 2.53 bits per heavy atom. The van der Waals surface area contributed by atoms with E-state index in [1.807, 2.05) is 4.90 Å². The highest BCUT2D eigenvalue weighted by Gasteiger charge is 2.29. The summed E-state index contributed by atoms with van der Waals surface area (Å²) < 4.78 is 0. The number of nitrogens with zero attached hydrogens (tertiary/aromatic N) is 2. The van der Waals surface area contributed by atoms with E-state index in [2.05, 4.69) is 9.97 Å². The summed E-state index contributed by atoms with van der Waals surface area (Å²) in [5.74, 6) is 1.19. The van der Waals surface area contributed by atoms with E-state index in [0.29, 0.717) is 18.9 Å². The molecule has 1 aromatic rings. The molecule has 0 aromatic carbocycles. The predicted molar refractivity (Wildman–Crippen MR) is 65.3 cm³/mol. The minimum atomic E-state index is 0.115. The number of H-pyrrole nitrogens is 1. The van der Waals surface area contributed by atoms with Gasteiger partial charge in [0.05, 0.1) is 18.6 Å². The van der Waals surface area contributed by atoms with Crippen molar-refractivity contribution in [1.82, 2.24) is 14.9 Å². The summed E-state index contributed by atoms with van der Waals surface area (Å²) in [5.41, 5.74) is 0.943. The van der Waals surface area contributed by atoms with Gasteiger partial charge in [0.15, 0.2) is 5.12 Å². The SMILES string of the molecule is CC(=O)SCC1CC(=O)N(Cc2cnc[nH]2)C1. The summed E-state index contributed by atoms with van der Waals surface area (Å²) in [6.07, 6.45) is 3.89. The van der Waals surface area contributed by atoms with Crippen LogP contribution in [0.3, 0.4) is 0 Å². The molecule has 1 N–H and O–H groups in total. The molecule has 1 atom stereocenters. The first-order valence-corrected chi connectivity index (χ1v) is 6.52. The lowest BCUT2D eigenvalue weighted by molar-refractivity contribution is -0.128. The van der Waals surface area contributed by atoms with Gasteiger partial charge in [0, 0.05) is 31.8 Å². The van der Waals surface area contributed by atoms with Crippen LogP contribution in [0.15, 0.2) is 12.5 Å². The molecule has 17 heavy (non-hydrogen) atoms. The number of imidazole rings is 1. The summed E-state index contributed by atoms with van der Waals surface area (Å²) in [6.45, 7) is 2.88. The number of carbonyl (C=O) groups is 2. The van der Waals surface area contributed by atoms with Crippen molar-refractivity contribution in [2.24, 2.45) is 5.92 Å². The van der Waals surface area contributed by atoms with Crippen LogP contribution in [0.4, 0.5) is 0 Å². The van der Waals surface area contributed by atoms with E-state index >= 15 is 0 Å². The molecular weight excluding hydrogens is 238 g/mol. The van der Waals surface area contributed by atoms with Gasteiger partial charge in [-0.3, -0.25) is 9.59 Å². The lowest BCUT2D eigenvalue weighted by atomic mass is 10.1. The Labute approximate surface area is 104 Å². The fourth-order valence-electron chi connectivity index (χ4n) is 1.93. The van der Waals surface area contributed by atoms with Gasteiger partial charge in [-0.2, -0.15) is 0 Å². The van der Waals surface area contributed by atoms with E-state index in [-0.39, 0.29) is 11.0 Å². The summed E-state index contributed by atoms with van der Waals surface area (Å²) in [6, 6.07) is 0. The molecule has 1 aliphatic heterocycles. The molecule has 2 heterocycles. The number of aromatic amines is 1. The minimum absolute atomic E-state index is 0.115. The maximum Gasteiger partial charge on any atom is 0.223 e. The van der Waals surface area contributed by atoms with Crippen LogP contribution in [-0.4, -0.2) is 38.2 Å². The Morgan fingerprint density at radius 1 is 1.71 bits per heavy atom. The maximum atomic E-state index is 11.8. The maximum absolute atomic E-state index is 11.8. The molecule has 5 nitrogen and oxygen atoms in total.